The van der Waals surface area contributed by atoms with Gasteiger partial charge < -0.3 is 36.1 Å². The molecular formula is C28H31F4N9O3. The summed E-state index contributed by atoms with van der Waals surface area (Å²) in [5.74, 6) is -3.09. The third kappa shape index (κ3) is 6.00. The van der Waals surface area contributed by atoms with Crippen LogP contribution >= 0.6 is 0 Å². The number of rotatable bonds is 9. The number of aliphatic hydroxyl groups is 1. The fraction of sp³-hybridized carbons (Fsp3) is 0.393. The summed E-state index contributed by atoms with van der Waals surface area (Å²) in [4.78, 5) is 30.7. The molecule has 12 nitrogen and oxygen atoms in total. The summed E-state index contributed by atoms with van der Waals surface area (Å²) in [6.45, 7) is 1.90. The molecule has 4 heterocycles. The van der Waals surface area contributed by atoms with Gasteiger partial charge in [-0.05, 0) is 44.5 Å². The van der Waals surface area contributed by atoms with E-state index in [-0.39, 0.29) is 36.6 Å². The maximum Gasteiger partial charge on any atom is 0.328 e. The van der Waals surface area contributed by atoms with Crippen LogP contribution in [0.5, 0.6) is 5.75 Å². The number of esters is 1. The van der Waals surface area contributed by atoms with E-state index in [0.717, 1.165) is 12.1 Å². The number of carbonyl (C=O) groups excluding carboxylic acids is 1. The first kappa shape index (κ1) is 31.0. The Morgan fingerprint density at radius 1 is 1.18 bits per heavy atom. The highest BCUT2D eigenvalue weighted by atomic mass is 19.3. The SMILES string of the molecule is CN[C@@H](C)C(=O)Oc1cc(F)c(-c2cc(Cn3cnc4c(N)ncnc43)c(N3CCC[C@](N)([C@H](O)C(F)F)C3)cn2)cc1F. The van der Waals surface area contributed by atoms with Gasteiger partial charge in [-0.25, -0.2) is 37.3 Å². The number of nitrogens with two attached hydrogens (primary N) is 2. The second-order valence-electron chi connectivity index (χ2n) is 10.7. The Labute approximate surface area is 249 Å². The standard InChI is InChI=1S/C28H31F4N9O3/c1-14(35-2)27(43)44-21-8-17(29)16(7-18(21)30)19-6-15(10-41-13-39-22-25(33)37-12-38-26(22)41)20(9-36-19)40-5-3-4-28(34,11-40)23(42)24(31)32/h6-9,12-14,23-24,35,42H,3-5,10-11,34H2,1-2H3,(H2,33,37,38)/t14-,23+,28+/m0/s1. The molecule has 1 aliphatic heterocycles. The number of nitrogens with zero attached hydrogens (tertiary/aromatic N) is 6. The third-order valence-electron chi connectivity index (χ3n) is 7.75. The Morgan fingerprint density at radius 3 is 2.68 bits per heavy atom. The van der Waals surface area contributed by atoms with Gasteiger partial charge in [0.05, 0.1) is 36.0 Å². The average Bonchev–Trinajstić information content (AvgIpc) is 3.41. The van der Waals surface area contributed by atoms with Gasteiger partial charge in [0.25, 0.3) is 6.43 Å². The smallest absolute Gasteiger partial charge is 0.328 e. The number of carbonyl (C=O) groups is 1. The third-order valence-corrected chi connectivity index (χ3v) is 7.75. The summed E-state index contributed by atoms with van der Waals surface area (Å²) in [6, 6.07) is 2.41. The molecule has 1 fully saturated rings. The molecule has 0 saturated carbocycles. The number of hydrogen-bond acceptors (Lipinski definition) is 11. The van der Waals surface area contributed by atoms with Crippen molar-refractivity contribution in [2.24, 2.45) is 5.73 Å². The van der Waals surface area contributed by atoms with Crippen molar-refractivity contribution >= 4 is 28.6 Å². The van der Waals surface area contributed by atoms with Crippen molar-refractivity contribution in [3.63, 3.8) is 0 Å². The summed E-state index contributed by atoms with van der Waals surface area (Å²) in [5.41, 5.74) is 12.2. The first-order chi connectivity index (χ1) is 20.9. The van der Waals surface area contributed by atoms with Gasteiger partial charge in [0.2, 0.25) is 0 Å². The van der Waals surface area contributed by atoms with Gasteiger partial charge in [0.15, 0.2) is 23.0 Å². The number of imidazole rings is 1. The molecule has 16 heteroatoms. The van der Waals surface area contributed by atoms with Crippen molar-refractivity contribution in [3.8, 4) is 17.0 Å². The number of piperidine rings is 1. The van der Waals surface area contributed by atoms with Crippen LogP contribution in [0.25, 0.3) is 22.4 Å². The molecule has 3 aromatic heterocycles. The molecule has 4 aromatic rings. The molecule has 5 rings (SSSR count). The van der Waals surface area contributed by atoms with Gasteiger partial charge >= 0.3 is 5.97 Å². The molecule has 1 aromatic carbocycles. The lowest BCUT2D eigenvalue weighted by Gasteiger charge is -2.44. The van der Waals surface area contributed by atoms with E-state index < -0.39 is 47.5 Å². The van der Waals surface area contributed by atoms with Gasteiger partial charge in [-0.15, -0.1) is 0 Å². The molecule has 234 valence electrons. The first-order valence-corrected chi connectivity index (χ1v) is 13.7. The lowest BCUT2D eigenvalue weighted by atomic mass is 9.84. The number of nitrogens with one attached hydrogen (secondary N) is 1. The number of likely N-dealkylation sites (N-methyl/N-ethyl adjacent to an activating group) is 1. The minimum absolute atomic E-state index is 0.0452. The monoisotopic (exact) mass is 617 g/mol. The van der Waals surface area contributed by atoms with Gasteiger partial charge in [-0.1, -0.05) is 0 Å². The topological polar surface area (TPSA) is 170 Å². The molecule has 3 atom stereocenters. The quantitative estimate of drug-likeness (QED) is 0.123. The van der Waals surface area contributed by atoms with Crippen LogP contribution < -0.4 is 26.4 Å². The summed E-state index contributed by atoms with van der Waals surface area (Å²) in [7, 11) is 1.52. The Bertz CT molecular complexity index is 1690. The van der Waals surface area contributed by atoms with E-state index in [4.69, 9.17) is 16.2 Å². The number of ether oxygens (including phenoxy) is 1. The number of halogens is 4. The predicted molar refractivity (Wildman–Crippen MR) is 153 cm³/mol. The highest BCUT2D eigenvalue weighted by Crippen LogP contribution is 2.35. The Hall–Kier alpha value is -4.41. The van der Waals surface area contributed by atoms with E-state index in [0.29, 0.717) is 35.4 Å². The normalized spacial score (nSPS) is 18.5. The maximum atomic E-state index is 15.3. The van der Waals surface area contributed by atoms with E-state index in [9.17, 15) is 18.7 Å². The lowest BCUT2D eigenvalue weighted by Crippen LogP contribution is -2.63. The van der Waals surface area contributed by atoms with Crippen LogP contribution in [0.2, 0.25) is 0 Å². The van der Waals surface area contributed by atoms with Gasteiger partial charge in [0, 0.05) is 24.7 Å². The van der Waals surface area contributed by atoms with Crippen LogP contribution in [0.4, 0.5) is 29.1 Å². The molecule has 6 N–H and O–H groups in total. The van der Waals surface area contributed by atoms with E-state index in [1.807, 2.05) is 0 Å². The zero-order valence-electron chi connectivity index (χ0n) is 23.8. The van der Waals surface area contributed by atoms with Crippen LogP contribution in [0, 0.1) is 11.6 Å². The number of anilines is 2. The van der Waals surface area contributed by atoms with Crippen molar-refractivity contribution in [1.82, 2.24) is 29.8 Å². The Balaban J connectivity index is 1.56. The van der Waals surface area contributed by atoms with Crippen LogP contribution in [0.1, 0.15) is 25.3 Å². The van der Waals surface area contributed by atoms with Crippen molar-refractivity contribution in [3.05, 3.63) is 54.2 Å². The summed E-state index contributed by atoms with van der Waals surface area (Å²) in [5, 5.41) is 12.9. The van der Waals surface area contributed by atoms with E-state index in [1.54, 1.807) is 9.47 Å². The van der Waals surface area contributed by atoms with Gasteiger partial charge in [-0.3, -0.25) is 4.98 Å². The number of benzene rings is 1. The van der Waals surface area contributed by atoms with Crippen molar-refractivity contribution in [2.45, 2.75) is 50.4 Å². The highest BCUT2D eigenvalue weighted by Gasteiger charge is 2.43. The van der Waals surface area contributed by atoms with E-state index >= 15 is 8.78 Å². The largest absolute Gasteiger partial charge is 0.422 e. The van der Waals surface area contributed by atoms with Gasteiger partial charge in [0.1, 0.15) is 29.8 Å². The Kier molecular flexibility index (Phi) is 8.67. The second-order valence-corrected chi connectivity index (χ2v) is 10.7. The fourth-order valence-corrected chi connectivity index (χ4v) is 5.17. The van der Waals surface area contributed by atoms with E-state index in [1.165, 1.54) is 38.9 Å². The van der Waals surface area contributed by atoms with Crippen LogP contribution in [-0.2, 0) is 11.3 Å². The second kappa shape index (κ2) is 12.3. The maximum absolute atomic E-state index is 15.3. The zero-order valence-corrected chi connectivity index (χ0v) is 23.8. The average molecular weight is 618 g/mol. The number of aliphatic hydroxyl groups excluding tert-OH is 1. The minimum Gasteiger partial charge on any atom is -0.422 e. The molecule has 1 aliphatic rings. The molecule has 0 aliphatic carbocycles. The van der Waals surface area contributed by atoms with Crippen LogP contribution in [-0.4, -0.2) is 79.8 Å². The van der Waals surface area contributed by atoms with Crippen molar-refractivity contribution < 1.29 is 32.2 Å². The first-order valence-electron chi connectivity index (χ1n) is 13.7. The molecule has 0 bridgehead atoms. The molecular weight excluding hydrogens is 586 g/mol. The van der Waals surface area contributed by atoms with Crippen LogP contribution in [0.3, 0.4) is 0 Å². The summed E-state index contributed by atoms with van der Waals surface area (Å²) < 4.78 is 64.0. The number of fused-ring (bicyclic) bond motifs is 1. The number of pyridine rings is 1. The zero-order chi connectivity index (χ0) is 31.8. The molecule has 0 unspecified atom stereocenters. The summed E-state index contributed by atoms with van der Waals surface area (Å²) in [6.07, 6.45) is -0.342. The molecule has 0 spiro atoms. The van der Waals surface area contributed by atoms with Gasteiger partial charge in [-0.2, -0.15) is 0 Å². The van der Waals surface area contributed by atoms with Crippen molar-refractivity contribution in [1.29, 1.82) is 0 Å². The number of aromatic nitrogens is 5. The van der Waals surface area contributed by atoms with Crippen LogP contribution in [0.15, 0.2) is 37.1 Å². The fourth-order valence-electron chi connectivity index (χ4n) is 5.17. The Morgan fingerprint density at radius 2 is 1.95 bits per heavy atom. The number of nitrogen functional groups attached to an aromatic ring is 1. The minimum atomic E-state index is -3.04. The molecule has 1 saturated heterocycles. The van der Waals surface area contributed by atoms with E-state index in [2.05, 4.69) is 25.3 Å². The lowest BCUT2D eigenvalue weighted by molar-refractivity contribution is -0.136. The van der Waals surface area contributed by atoms with Crippen molar-refractivity contribution in [2.75, 3.05) is 30.8 Å². The summed E-state index contributed by atoms with van der Waals surface area (Å²) >= 11 is 0. The molecule has 44 heavy (non-hydrogen) atoms. The number of alkyl halides is 2. The molecule has 0 radical (unpaired) electrons. The predicted octanol–water partition coefficient (Wildman–Crippen LogP) is 2.23. The highest BCUT2D eigenvalue weighted by molar-refractivity contribution is 5.81. The molecule has 0 amide bonds. The number of hydrogen-bond donors (Lipinski definition) is 4.